The number of hydrogen-bond acceptors (Lipinski definition) is 7. The van der Waals surface area contributed by atoms with E-state index in [0.717, 1.165) is 22.5 Å². The Morgan fingerprint density at radius 2 is 1.61 bits per heavy atom. The number of nitrogens with zero attached hydrogens (tertiary/aromatic N) is 4. The minimum atomic E-state index is -0.190. The summed E-state index contributed by atoms with van der Waals surface area (Å²) in [6.45, 7) is 0. The molecule has 3 N–H and O–H groups in total. The van der Waals surface area contributed by atoms with Gasteiger partial charge < -0.3 is 15.8 Å². The second-order valence-corrected chi connectivity index (χ2v) is 10.2. The van der Waals surface area contributed by atoms with E-state index in [9.17, 15) is 9.59 Å². The molecule has 206 valence electrons. The Bertz CT molecular complexity index is 1710. The molecular weight excluding hydrogens is 516 g/mol. The Kier molecular flexibility index (Phi) is 7.16. The first kappa shape index (κ1) is 26.2. The van der Waals surface area contributed by atoms with Gasteiger partial charge in [0.15, 0.2) is 11.5 Å². The Morgan fingerprint density at radius 3 is 2.32 bits per heavy atom. The number of carbonyl (C=O) groups excluding carboxylic acids is 2. The number of aromatic nitrogens is 4. The van der Waals surface area contributed by atoms with Crippen LogP contribution in [0, 0.1) is 11.8 Å². The van der Waals surface area contributed by atoms with E-state index >= 15 is 0 Å². The fourth-order valence-electron chi connectivity index (χ4n) is 5.45. The van der Waals surface area contributed by atoms with E-state index in [1.54, 1.807) is 6.20 Å². The number of nitrogens with two attached hydrogens (primary N) is 1. The minimum absolute atomic E-state index is 0.0351. The molecule has 41 heavy (non-hydrogen) atoms. The van der Waals surface area contributed by atoms with Crippen LogP contribution in [0.15, 0.2) is 85.1 Å². The van der Waals surface area contributed by atoms with Gasteiger partial charge in [0.05, 0.1) is 24.3 Å². The molecule has 1 saturated carbocycles. The molecule has 9 heteroatoms. The first-order chi connectivity index (χ1) is 20.0. The maximum absolute atomic E-state index is 13.0. The number of benzene rings is 2. The topological polar surface area (TPSA) is 125 Å². The highest BCUT2D eigenvalue weighted by molar-refractivity contribution is 5.93. The van der Waals surface area contributed by atoms with Gasteiger partial charge in [-0.2, -0.15) is 0 Å². The van der Waals surface area contributed by atoms with E-state index in [2.05, 4.69) is 10.3 Å². The van der Waals surface area contributed by atoms with Crippen molar-refractivity contribution in [2.45, 2.75) is 25.7 Å². The standard InChI is InChI=1S/C32H30N6O3/c1-41-32(40)22-11-9-21(10-12-22)31(39)35-23-13-15-24(16-14-23)38-29(25-8-5-19-34-28(25)33)37-27-18-17-26(36-30(27)38)20-6-3-2-4-7-20/h2-8,13-19,21-22H,9-12H2,1H3,(H2,33,34)(H,35,39). The number of nitrogens with one attached hydrogen (secondary N) is 1. The molecule has 0 atom stereocenters. The zero-order valence-electron chi connectivity index (χ0n) is 22.7. The summed E-state index contributed by atoms with van der Waals surface area (Å²) in [4.78, 5) is 38.9. The summed E-state index contributed by atoms with van der Waals surface area (Å²) in [6, 6.07) is 25.2. The van der Waals surface area contributed by atoms with Crippen molar-refractivity contribution in [2.75, 3.05) is 18.2 Å². The van der Waals surface area contributed by atoms with Crippen LogP contribution in [-0.4, -0.2) is 38.5 Å². The summed E-state index contributed by atoms with van der Waals surface area (Å²) in [6.07, 6.45) is 4.30. The van der Waals surface area contributed by atoms with E-state index in [1.165, 1.54) is 7.11 Å². The van der Waals surface area contributed by atoms with Gasteiger partial charge in [0, 0.05) is 29.1 Å². The largest absolute Gasteiger partial charge is 0.469 e. The number of imidazole rings is 1. The lowest BCUT2D eigenvalue weighted by Crippen LogP contribution is -2.30. The molecule has 5 aromatic rings. The van der Waals surface area contributed by atoms with Crippen molar-refractivity contribution in [3.05, 3.63) is 85.1 Å². The van der Waals surface area contributed by atoms with Gasteiger partial charge in [-0.05, 0) is 74.2 Å². The summed E-state index contributed by atoms with van der Waals surface area (Å²) >= 11 is 0. The fraction of sp³-hybridized carbons (Fsp3) is 0.219. The third-order valence-corrected chi connectivity index (χ3v) is 7.68. The predicted molar refractivity (Wildman–Crippen MR) is 158 cm³/mol. The van der Waals surface area contributed by atoms with Crippen LogP contribution < -0.4 is 11.1 Å². The lowest BCUT2D eigenvalue weighted by Gasteiger charge is -2.26. The van der Waals surface area contributed by atoms with Crippen molar-refractivity contribution in [3.8, 4) is 28.3 Å². The lowest BCUT2D eigenvalue weighted by atomic mass is 9.81. The van der Waals surface area contributed by atoms with Crippen molar-refractivity contribution in [2.24, 2.45) is 11.8 Å². The Morgan fingerprint density at radius 1 is 0.878 bits per heavy atom. The zero-order valence-corrected chi connectivity index (χ0v) is 22.7. The lowest BCUT2D eigenvalue weighted by molar-refractivity contribution is -0.147. The van der Waals surface area contributed by atoms with Crippen LogP contribution in [0.5, 0.6) is 0 Å². The Hall–Kier alpha value is -5.05. The molecule has 0 radical (unpaired) electrons. The fourth-order valence-corrected chi connectivity index (χ4v) is 5.45. The smallest absolute Gasteiger partial charge is 0.308 e. The van der Waals surface area contributed by atoms with Crippen molar-refractivity contribution < 1.29 is 14.3 Å². The van der Waals surface area contributed by atoms with Crippen LogP contribution in [0.4, 0.5) is 11.5 Å². The van der Waals surface area contributed by atoms with Crippen LogP contribution in [0.3, 0.4) is 0 Å². The molecule has 1 fully saturated rings. The van der Waals surface area contributed by atoms with Crippen molar-refractivity contribution >= 4 is 34.5 Å². The molecule has 2 aromatic carbocycles. The third-order valence-electron chi connectivity index (χ3n) is 7.68. The number of rotatable bonds is 6. The second kappa shape index (κ2) is 11.2. The van der Waals surface area contributed by atoms with Crippen molar-refractivity contribution in [1.29, 1.82) is 0 Å². The average molecular weight is 547 g/mol. The SMILES string of the molecule is COC(=O)C1CCC(C(=O)Nc2ccc(-n3c(-c4cccnc4N)nc4ccc(-c5ccccc5)nc43)cc2)CC1. The first-order valence-corrected chi connectivity index (χ1v) is 13.7. The Labute approximate surface area is 237 Å². The maximum Gasteiger partial charge on any atom is 0.308 e. The predicted octanol–water partition coefficient (Wildman–Crippen LogP) is 5.65. The molecule has 3 heterocycles. The number of ether oxygens (including phenoxy) is 1. The number of carbonyl (C=O) groups is 2. The number of anilines is 2. The molecular formula is C32H30N6O3. The molecule has 0 aliphatic heterocycles. The highest BCUT2D eigenvalue weighted by Crippen LogP contribution is 2.33. The van der Waals surface area contributed by atoms with Crippen LogP contribution >= 0.6 is 0 Å². The molecule has 0 saturated heterocycles. The van der Waals surface area contributed by atoms with Crippen LogP contribution in [0.2, 0.25) is 0 Å². The molecule has 9 nitrogen and oxygen atoms in total. The zero-order chi connectivity index (χ0) is 28.3. The average Bonchev–Trinajstić information content (AvgIpc) is 3.40. The second-order valence-electron chi connectivity index (χ2n) is 10.2. The van der Waals surface area contributed by atoms with Gasteiger partial charge in [-0.25, -0.2) is 15.0 Å². The molecule has 1 aliphatic rings. The number of fused-ring (bicyclic) bond motifs is 1. The van der Waals surface area contributed by atoms with Gasteiger partial charge in [-0.15, -0.1) is 0 Å². The Balaban J connectivity index is 1.31. The summed E-state index contributed by atoms with van der Waals surface area (Å²) in [5, 5.41) is 3.04. The van der Waals surface area contributed by atoms with Crippen molar-refractivity contribution in [3.63, 3.8) is 0 Å². The van der Waals surface area contributed by atoms with Crippen LogP contribution in [0.25, 0.3) is 39.5 Å². The minimum Gasteiger partial charge on any atom is -0.469 e. The van der Waals surface area contributed by atoms with Gasteiger partial charge in [-0.3, -0.25) is 14.2 Å². The third kappa shape index (κ3) is 5.26. The highest BCUT2D eigenvalue weighted by Gasteiger charge is 2.30. The van der Waals surface area contributed by atoms with E-state index < -0.39 is 0 Å². The van der Waals surface area contributed by atoms with E-state index in [1.807, 2.05) is 83.4 Å². The summed E-state index contributed by atoms with van der Waals surface area (Å²) in [7, 11) is 1.41. The highest BCUT2D eigenvalue weighted by atomic mass is 16.5. The molecule has 0 unspecified atom stereocenters. The van der Waals surface area contributed by atoms with E-state index in [-0.39, 0.29) is 23.7 Å². The van der Waals surface area contributed by atoms with E-state index in [0.29, 0.717) is 54.2 Å². The van der Waals surface area contributed by atoms with E-state index in [4.69, 9.17) is 20.4 Å². The number of methoxy groups -OCH3 is 1. The number of nitrogen functional groups attached to an aromatic ring is 1. The molecule has 3 aromatic heterocycles. The van der Waals surface area contributed by atoms with Crippen LogP contribution in [0.1, 0.15) is 25.7 Å². The number of esters is 1. The summed E-state index contributed by atoms with van der Waals surface area (Å²) in [5.41, 5.74) is 11.7. The monoisotopic (exact) mass is 546 g/mol. The number of hydrogen-bond donors (Lipinski definition) is 2. The molecule has 6 rings (SSSR count). The van der Waals surface area contributed by atoms with Crippen molar-refractivity contribution in [1.82, 2.24) is 19.5 Å². The summed E-state index contributed by atoms with van der Waals surface area (Å²) < 4.78 is 6.83. The van der Waals surface area contributed by atoms with Crippen LogP contribution in [-0.2, 0) is 14.3 Å². The summed E-state index contributed by atoms with van der Waals surface area (Å²) in [5.74, 6) is 0.526. The quantitative estimate of drug-likeness (QED) is 0.264. The maximum atomic E-state index is 13.0. The van der Waals surface area contributed by atoms with Gasteiger partial charge in [0.25, 0.3) is 0 Å². The first-order valence-electron chi connectivity index (χ1n) is 13.7. The number of pyridine rings is 2. The molecule has 1 aliphatic carbocycles. The van der Waals surface area contributed by atoms with Gasteiger partial charge in [0.1, 0.15) is 11.3 Å². The molecule has 0 bridgehead atoms. The molecule has 1 amide bonds. The van der Waals surface area contributed by atoms with Gasteiger partial charge in [-0.1, -0.05) is 30.3 Å². The van der Waals surface area contributed by atoms with Gasteiger partial charge in [0.2, 0.25) is 5.91 Å². The van der Waals surface area contributed by atoms with Gasteiger partial charge >= 0.3 is 5.97 Å². The number of amides is 1. The normalized spacial score (nSPS) is 16.8. The molecule has 0 spiro atoms.